The smallest absolute Gasteiger partial charge is 0.298 e. The molecule has 8 heteroatoms. The van der Waals surface area contributed by atoms with Crippen molar-refractivity contribution in [3.8, 4) is 0 Å². The Morgan fingerprint density at radius 3 is 1.65 bits per heavy atom. The molecule has 3 aromatic rings. The van der Waals surface area contributed by atoms with Crippen LogP contribution in [0.1, 0.15) is 16.7 Å². The fraction of sp³-hybridized carbons (Fsp3) is 0.379. The maximum Gasteiger partial charge on any atom is 0.298 e. The zero-order valence-electron chi connectivity index (χ0n) is 20.4. The van der Waals surface area contributed by atoms with Gasteiger partial charge in [-0.2, -0.15) is 0 Å². The molecule has 198 valence electrons. The lowest BCUT2D eigenvalue weighted by atomic mass is 9.91. The molecule has 0 bridgehead atoms. The second-order valence-corrected chi connectivity index (χ2v) is 9.03. The third-order valence-corrected chi connectivity index (χ3v) is 6.25. The van der Waals surface area contributed by atoms with Crippen LogP contribution in [0, 0.1) is 0 Å². The number of alkyl halides is 2. The Balaban J connectivity index is 1.56. The first-order valence-electron chi connectivity index (χ1n) is 12.2. The van der Waals surface area contributed by atoms with Crippen LogP contribution in [0.5, 0.6) is 0 Å². The number of benzene rings is 3. The zero-order valence-corrected chi connectivity index (χ0v) is 20.4. The topological polar surface area (TPSA) is 77.4 Å². The van der Waals surface area contributed by atoms with Crippen LogP contribution in [0.2, 0.25) is 0 Å². The maximum absolute atomic E-state index is 14.7. The summed E-state index contributed by atoms with van der Waals surface area (Å²) in [5.41, 5.74) is 2.59. The maximum atomic E-state index is 14.7. The van der Waals surface area contributed by atoms with E-state index in [0.29, 0.717) is 0 Å². The van der Waals surface area contributed by atoms with Gasteiger partial charge in [-0.15, -0.1) is 0 Å². The van der Waals surface area contributed by atoms with Crippen molar-refractivity contribution >= 4 is 0 Å². The Hall–Kier alpha value is -2.72. The molecular weight excluding hydrogens is 482 g/mol. The van der Waals surface area contributed by atoms with Gasteiger partial charge in [0, 0.05) is 0 Å². The summed E-state index contributed by atoms with van der Waals surface area (Å²) in [7, 11) is 0. The highest BCUT2D eigenvalue weighted by Gasteiger charge is 2.55. The van der Waals surface area contributed by atoms with Gasteiger partial charge < -0.3 is 29.2 Å². The number of aliphatic hydroxyl groups is 2. The molecule has 5 atom stereocenters. The second-order valence-electron chi connectivity index (χ2n) is 9.03. The minimum absolute atomic E-state index is 0.0722. The summed E-state index contributed by atoms with van der Waals surface area (Å²) in [6, 6.07) is 28.0. The zero-order chi connectivity index (χ0) is 26.1. The quantitative estimate of drug-likeness (QED) is 0.379. The SMILES string of the molecule is OCC(F)(F)[C@H]1O[C@H](COCc2ccccc2)[C@@H](OCc2ccccc2)[C@H](OCc2ccccc2)[C@H]1O. The van der Waals surface area contributed by atoms with Crippen LogP contribution < -0.4 is 0 Å². The van der Waals surface area contributed by atoms with Gasteiger partial charge in [0.25, 0.3) is 5.92 Å². The highest BCUT2D eigenvalue weighted by molar-refractivity contribution is 5.15. The number of ether oxygens (including phenoxy) is 4. The Labute approximate surface area is 215 Å². The van der Waals surface area contributed by atoms with E-state index >= 15 is 0 Å². The first-order valence-corrected chi connectivity index (χ1v) is 12.2. The van der Waals surface area contributed by atoms with E-state index in [1.807, 2.05) is 91.0 Å². The molecule has 0 unspecified atom stereocenters. The minimum atomic E-state index is -3.70. The normalized spacial score (nSPS) is 24.2. The molecule has 1 saturated heterocycles. The monoisotopic (exact) mass is 514 g/mol. The number of rotatable bonds is 12. The van der Waals surface area contributed by atoms with Crippen LogP contribution in [0.25, 0.3) is 0 Å². The van der Waals surface area contributed by atoms with Crippen molar-refractivity contribution in [2.45, 2.75) is 56.3 Å². The molecule has 37 heavy (non-hydrogen) atoms. The Morgan fingerprint density at radius 1 is 0.703 bits per heavy atom. The van der Waals surface area contributed by atoms with E-state index in [0.717, 1.165) is 16.7 Å². The standard InChI is InChI=1S/C29H32F2O6/c30-29(31,20-32)28-25(33)27(36-18-23-14-8-3-9-15-23)26(35-17-22-12-6-2-7-13-22)24(37-28)19-34-16-21-10-4-1-5-11-21/h1-15,24-28,32-33H,16-20H2/t24-,25-,26-,27-,28+/m1/s1. The molecule has 1 fully saturated rings. The van der Waals surface area contributed by atoms with Gasteiger partial charge in [0.05, 0.1) is 26.4 Å². The lowest BCUT2D eigenvalue weighted by Crippen LogP contribution is -2.65. The average molecular weight is 515 g/mol. The Bertz CT molecular complexity index is 1050. The molecular formula is C29H32F2O6. The number of aliphatic hydroxyl groups excluding tert-OH is 2. The van der Waals surface area contributed by atoms with E-state index in [1.165, 1.54) is 0 Å². The summed E-state index contributed by atoms with van der Waals surface area (Å²) in [5, 5.41) is 20.3. The molecule has 0 amide bonds. The molecule has 0 radical (unpaired) electrons. The summed E-state index contributed by atoms with van der Waals surface area (Å²) in [5.74, 6) is -3.70. The molecule has 0 spiro atoms. The van der Waals surface area contributed by atoms with E-state index in [-0.39, 0.29) is 26.4 Å². The van der Waals surface area contributed by atoms with Crippen LogP contribution in [0.3, 0.4) is 0 Å². The highest BCUT2D eigenvalue weighted by atomic mass is 19.3. The Kier molecular flexibility index (Phi) is 9.74. The lowest BCUT2D eigenvalue weighted by Gasteiger charge is -2.46. The van der Waals surface area contributed by atoms with Crippen molar-refractivity contribution in [3.63, 3.8) is 0 Å². The van der Waals surface area contributed by atoms with E-state index in [2.05, 4.69) is 0 Å². The molecule has 6 nitrogen and oxygen atoms in total. The molecule has 1 aliphatic rings. The molecule has 1 aliphatic heterocycles. The van der Waals surface area contributed by atoms with Crippen LogP contribution in [-0.2, 0) is 38.8 Å². The van der Waals surface area contributed by atoms with Crippen LogP contribution in [0.4, 0.5) is 8.78 Å². The van der Waals surface area contributed by atoms with Crippen molar-refractivity contribution in [2.24, 2.45) is 0 Å². The first kappa shape index (κ1) is 27.3. The molecule has 3 aromatic carbocycles. The number of hydrogen-bond donors (Lipinski definition) is 2. The van der Waals surface area contributed by atoms with Crippen LogP contribution in [0.15, 0.2) is 91.0 Å². The predicted octanol–water partition coefficient (Wildman–Crippen LogP) is 4.13. The van der Waals surface area contributed by atoms with Crippen molar-refractivity contribution in [1.29, 1.82) is 0 Å². The summed E-state index contributed by atoms with van der Waals surface area (Å²) in [4.78, 5) is 0. The molecule has 1 heterocycles. The summed E-state index contributed by atoms with van der Waals surface area (Å²) in [6.07, 6.45) is -6.82. The van der Waals surface area contributed by atoms with E-state index < -0.39 is 43.0 Å². The van der Waals surface area contributed by atoms with Crippen molar-refractivity contribution in [3.05, 3.63) is 108 Å². The number of halogens is 2. The van der Waals surface area contributed by atoms with Crippen LogP contribution in [-0.4, -0.2) is 59.9 Å². The number of hydrogen-bond acceptors (Lipinski definition) is 6. The van der Waals surface area contributed by atoms with E-state index in [9.17, 15) is 19.0 Å². The first-order chi connectivity index (χ1) is 18.0. The predicted molar refractivity (Wildman–Crippen MR) is 133 cm³/mol. The molecule has 2 N–H and O–H groups in total. The van der Waals surface area contributed by atoms with Gasteiger partial charge in [0.2, 0.25) is 0 Å². The van der Waals surface area contributed by atoms with Crippen LogP contribution >= 0.6 is 0 Å². The average Bonchev–Trinajstić information content (AvgIpc) is 2.93. The third kappa shape index (κ3) is 7.41. The summed E-state index contributed by atoms with van der Waals surface area (Å²) >= 11 is 0. The third-order valence-electron chi connectivity index (χ3n) is 6.25. The molecule has 0 aromatic heterocycles. The van der Waals surface area contributed by atoms with E-state index in [4.69, 9.17) is 18.9 Å². The minimum Gasteiger partial charge on any atom is -0.390 e. The fourth-order valence-electron chi connectivity index (χ4n) is 4.29. The largest absolute Gasteiger partial charge is 0.390 e. The van der Waals surface area contributed by atoms with Gasteiger partial charge >= 0.3 is 0 Å². The van der Waals surface area contributed by atoms with Crippen molar-refractivity contribution in [2.75, 3.05) is 13.2 Å². The lowest BCUT2D eigenvalue weighted by molar-refractivity contribution is -0.304. The molecule has 4 rings (SSSR count). The van der Waals surface area contributed by atoms with Gasteiger partial charge in [0.1, 0.15) is 31.0 Å². The van der Waals surface area contributed by atoms with Crippen molar-refractivity contribution in [1.82, 2.24) is 0 Å². The molecule has 0 aliphatic carbocycles. The summed E-state index contributed by atoms with van der Waals surface area (Å²) in [6.45, 7) is -1.09. The van der Waals surface area contributed by atoms with Gasteiger partial charge in [-0.25, -0.2) is 8.78 Å². The molecule has 0 saturated carbocycles. The van der Waals surface area contributed by atoms with Gasteiger partial charge in [-0.05, 0) is 16.7 Å². The van der Waals surface area contributed by atoms with E-state index in [1.54, 1.807) is 0 Å². The van der Waals surface area contributed by atoms with Gasteiger partial charge in [-0.1, -0.05) is 91.0 Å². The Morgan fingerprint density at radius 2 is 1.16 bits per heavy atom. The fourth-order valence-corrected chi connectivity index (χ4v) is 4.29. The van der Waals surface area contributed by atoms with Gasteiger partial charge in [0.15, 0.2) is 6.10 Å². The van der Waals surface area contributed by atoms with Gasteiger partial charge in [-0.3, -0.25) is 0 Å². The second kappa shape index (κ2) is 13.2. The summed E-state index contributed by atoms with van der Waals surface area (Å²) < 4.78 is 53.1. The van der Waals surface area contributed by atoms with Crippen molar-refractivity contribution < 1.29 is 37.9 Å². The highest BCUT2D eigenvalue weighted by Crippen LogP contribution is 2.35.